The Morgan fingerprint density at radius 3 is 2.50 bits per heavy atom. The molecular formula is C10H18. The van der Waals surface area contributed by atoms with Crippen molar-refractivity contribution in [2.45, 2.75) is 33.6 Å². The van der Waals surface area contributed by atoms with Crippen molar-refractivity contribution in [1.82, 2.24) is 0 Å². The van der Waals surface area contributed by atoms with Gasteiger partial charge in [0.05, 0.1) is 0 Å². The van der Waals surface area contributed by atoms with Gasteiger partial charge in [-0.15, -0.1) is 0 Å². The van der Waals surface area contributed by atoms with E-state index in [1.807, 2.05) is 0 Å². The summed E-state index contributed by atoms with van der Waals surface area (Å²) in [4.78, 5) is 0. The molecule has 0 saturated carbocycles. The fourth-order valence-corrected chi connectivity index (χ4v) is 0.662. The molecule has 0 aromatic carbocycles. The predicted octanol–water partition coefficient (Wildman–Crippen LogP) is 3.55. The van der Waals surface area contributed by atoms with E-state index in [1.165, 1.54) is 6.42 Å². The quantitative estimate of drug-likeness (QED) is 0.521. The van der Waals surface area contributed by atoms with Crippen molar-refractivity contribution < 1.29 is 0 Å². The molecular weight excluding hydrogens is 120 g/mol. The molecule has 0 fully saturated rings. The molecule has 58 valence electrons. The minimum Gasteiger partial charge on any atom is -0.0914 e. The van der Waals surface area contributed by atoms with E-state index in [9.17, 15) is 0 Å². The van der Waals surface area contributed by atoms with Gasteiger partial charge in [-0.2, -0.15) is 0 Å². The van der Waals surface area contributed by atoms with Crippen molar-refractivity contribution in [3.8, 4) is 0 Å². The van der Waals surface area contributed by atoms with Crippen LogP contribution in [0, 0.1) is 5.92 Å². The van der Waals surface area contributed by atoms with Crippen LogP contribution in [0.15, 0.2) is 24.3 Å². The lowest BCUT2D eigenvalue weighted by atomic mass is 10.1. The maximum Gasteiger partial charge on any atom is -0.0169 e. The number of hydrogen-bond donors (Lipinski definition) is 0. The van der Waals surface area contributed by atoms with Gasteiger partial charge in [0.2, 0.25) is 0 Å². The third-order valence-corrected chi connectivity index (χ3v) is 1.62. The highest BCUT2D eigenvalue weighted by Crippen LogP contribution is 2.02. The maximum atomic E-state index is 2.28. The Labute approximate surface area is 64.6 Å². The molecule has 0 aliphatic rings. The van der Waals surface area contributed by atoms with Crippen LogP contribution in [0.1, 0.15) is 33.6 Å². The van der Waals surface area contributed by atoms with E-state index in [0.717, 1.165) is 12.3 Å². The second-order valence-electron chi connectivity index (χ2n) is 2.62. The van der Waals surface area contributed by atoms with Gasteiger partial charge in [0, 0.05) is 0 Å². The summed E-state index contributed by atoms with van der Waals surface area (Å²) in [5.41, 5.74) is 0. The smallest absolute Gasteiger partial charge is 0.0169 e. The molecule has 0 heteroatoms. The van der Waals surface area contributed by atoms with Crippen LogP contribution in [0.3, 0.4) is 0 Å². The second kappa shape index (κ2) is 6.60. The van der Waals surface area contributed by atoms with E-state index in [1.54, 1.807) is 0 Å². The van der Waals surface area contributed by atoms with Crippen molar-refractivity contribution in [3.05, 3.63) is 24.3 Å². The highest BCUT2D eigenvalue weighted by molar-refractivity contribution is 4.93. The Morgan fingerprint density at radius 2 is 2.00 bits per heavy atom. The zero-order chi connectivity index (χ0) is 7.82. The fourth-order valence-electron chi connectivity index (χ4n) is 0.662. The van der Waals surface area contributed by atoms with Crippen LogP contribution in [0.25, 0.3) is 0 Å². The summed E-state index contributed by atoms with van der Waals surface area (Å²) in [7, 11) is 0. The van der Waals surface area contributed by atoms with E-state index in [-0.39, 0.29) is 0 Å². The van der Waals surface area contributed by atoms with Gasteiger partial charge in [0.25, 0.3) is 0 Å². The minimum absolute atomic E-state index is 0.741. The number of hydrogen-bond acceptors (Lipinski definition) is 0. The molecule has 0 heterocycles. The first-order chi connectivity index (χ1) is 4.81. The zero-order valence-corrected chi connectivity index (χ0v) is 7.30. The monoisotopic (exact) mass is 138 g/mol. The largest absolute Gasteiger partial charge is 0.0914 e. The van der Waals surface area contributed by atoms with Crippen molar-refractivity contribution in [3.63, 3.8) is 0 Å². The lowest BCUT2D eigenvalue weighted by Crippen LogP contribution is -1.82. The molecule has 1 unspecified atom stereocenters. The lowest BCUT2D eigenvalue weighted by molar-refractivity contribution is 0.696. The van der Waals surface area contributed by atoms with Crippen LogP contribution in [0.4, 0.5) is 0 Å². The maximum absolute atomic E-state index is 2.28. The van der Waals surface area contributed by atoms with E-state index < -0.39 is 0 Å². The summed E-state index contributed by atoms with van der Waals surface area (Å²) in [5.74, 6) is 0.741. The van der Waals surface area contributed by atoms with E-state index in [2.05, 4.69) is 45.1 Å². The molecule has 0 aromatic rings. The van der Waals surface area contributed by atoms with Gasteiger partial charge in [-0.25, -0.2) is 0 Å². The molecule has 0 saturated heterocycles. The third-order valence-electron chi connectivity index (χ3n) is 1.62. The van der Waals surface area contributed by atoms with Crippen LogP contribution < -0.4 is 0 Å². The zero-order valence-electron chi connectivity index (χ0n) is 7.30. The first kappa shape index (κ1) is 9.48. The molecule has 0 spiro atoms. The van der Waals surface area contributed by atoms with Gasteiger partial charge in [0.1, 0.15) is 0 Å². The van der Waals surface area contributed by atoms with Crippen LogP contribution >= 0.6 is 0 Å². The molecule has 10 heavy (non-hydrogen) atoms. The standard InChI is InChI=1S/C10H18/c1-4-6-7-8-9-10(3)5-2/h4,6,8-10H,5,7H2,1-3H3. The predicted molar refractivity (Wildman–Crippen MR) is 48.0 cm³/mol. The van der Waals surface area contributed by atoms with E-state index in [0.29, 0.717) is 0 Å². The summed E-state index contributed by atoms with van der Waals surface area (Å²) in [5, 5.41) is 0. The first-order valence-electron chi connectivity index (χ1n) is 4.09. The van der Waals surface area contributed by atoms with Crippen molar-refractivity contribution in [1.29, 1.82) is 0 Å². The highest BCUT2D eigenvalue weighted by Gasteiger charge is 1.87. The molecule has 0 rings (SSSR count). The molecule has 0 N–H and O–H groups in total. The summed E-state index contributed by atoms with van der Waals surface area (Å²) in [6.45, 7) is 6.51. The topological polar surface area (TPSA) is 0 Å². The summed E-state index contributed by atoms with van der Waals surface area (Å²) >= 11 is 0. The van der Waals surface area contributed by atoms with E-state index in [4.69, 9.17) is 0 Å². The van der Waals surface area contributed by atoms with Gasteiger partial charge in [-0.3, -0.25) is 0 Å². The Kier molecular flexibility index (Phi) is 6.25. The molecule has 0 bridgehead atoms. The van der Waals surface area contributed by atoms with Crippen LogP contribution in [-0.2, 0) is 0 Å². The molecule has 0 aliphatic carbocycles. The first-order valence-corrected chi connectivity index (χ1v) is 4.09. The molecule has 0 amide bonds. The minimum atomic E-state index is 0.741. The SMILES string of the molecule is CC=CCC=CC(C)CC. The molecule has 0 radical (unpaired) electrons. The van der Waals surface area contributed by atoms with Gasteiger partial charge in [-0.1, -0.05) is 44.6 Å². The normalized spacial score (nSPS) is 15.1. The molecule has 1 atom stereocenters. The van der Waals surface area contributed by atoms with Crippen LogP contribution in [0.5, 0.6) is 0 Å². The third kappa shape index (κ3) is 5.61. The summed E-state index contributed by atoms with van der Waals surface area (Å²) in [6.07, 6.45) is 11.1. The highest BCUT2D eigenvalue weighted by atomic mass is 13.9. The van der Waals surface area contributed by atoms with Gasteiger partial charge in [0.15, 0.2) is 0 Å². The summed E-state index contributed by atoms with van der Waals surface area (Å²) in [6, 6.07) is 0. The average Bonchev–Trinajstić information content (AvgIpc) is 1.98. The van der Waals surface area contributed by atoms with Gasteiger partial charge < -0.3 is 0 Å². The van der Waals surface area contributed by atoms with Crippen LogP contribution in [0.2, 0.25) is 0 Å². The second-order valence-corrected chi connectivity index (χ2v) is 2.62. The van der Waals surface area contributed by atoms with Crippen molar-refractivity contribution in [2.75, 3.05) is 0 Å². The number of rotatable bonds is 4. The van der Waals surface area contributed by atoms with Gasteiger partial charge >= 0.3 is 0 Å². The Hall–Kier alpha value is -0.520. The van der Waals surface area contributed by atoms with Crippen LogP contribution in [-0.4, -0.2) is 0 Å². The van der Waals surface area contributed by atoms with Crippen molar-refractivity contribution >= 4 is 0 Å². The molecule has 0 aliphatic heterocycles. The molecule has 0 aromatic heterocycles. The van der Waals surface area contributed by atoms with Crippen molar-refractivity contribution in [2.24, 2.45) is 5.92 Å². The Balaban J connectivity index is 3.35. The Morgan fingerprint density at radius 1 is 1.30 bits per heavy atom. The van der Waals surface area contributed by atoms with E-state index >= 15 is 0 Å². The van der Waals surface area contributed by atoms with Gasteiger partial charge in [-0.05, 0) is 19.3 Å². The summed E-state index contributed by atoms with van der Waals surface area (Å²) < 4.78 is 0. The fraction of sp³-hybridized carbons (Fsp3) is 0.600. The molecule has 0 nitrogen and oxygen atoms in total. The Bertz CT molecular complexity index is 109. The lowest BCUT2D eigenvalue weighted by Gasteiger charge is -1.97. The average molecular weight is 138 g/mol. The number of allylic oxidation sites excluding steroid dienone is 4.